The number of hydrogen-bond acceptors (Lipinski definition) is 4. The molecule has 2 heterocycles. The quantitative estimate of drug-likeness (QED) is 0.723. The molecule has 1 aromatic heterocycles. The third-order valence-electron chi connectivity index (χ3n) is 3.23. The standard InChI is InChI=1S/C11H20N4O2S/c1-9(11-6-13-14-7-11)15-18(16,17)8-10-3-2-4-12-5-10/h6-7,9-10,12,15H,2-5,8H2,1H3,(H,13,14). The second kappa shape index (κ2) is 5.81. The third kappa shape index (κ3) is 3.79. The van der Waals surface area contributed by atoms with E-state index in [1.807, 2.05) is 6.92 Å². The van der Waals surface area contributed by atoms with Crippen LogP contribution in [0.4, 0.5) is 0 Å². The smallest absolute Gasteiger partial charge is 0.212 e. The number of H-pyrrole nitrogens is 1. The van der Waals surface area contributed by atoms with Gasteiger partial charge in [0.25, 0.3) is 0 Å². The predicted molar refractivity (Wildman–Crippen MR) is 69.5 cm³/mol. The third-order valence-corrected chi connectivity index (χ3v) is 4.85. The van der Waals surface area contributed by atoms with Gasteiger partial charge in [-0.1, -0.05) is 0 Å². The number of rotatable bonds is 5. The van der Waals surface area contributed by atoms with Crippen molar-refractivity contribution in [2.45, 2.75) is 25.8 Å². The molecule has 1 aromatic rings. The molecule has 0 aromatic carbocycles. The maximum atomic E-state index is 12.0. The Labute approximate surface area is 108 Å². The van der Waals surface area contributed by atoms with Crippen LogP contribution in [0.2, 0.25) is 0 Å². The van der Waals surface area contributed by atoms with E-state index in [0.29, 0.717) is 0 Å². The molecular weight excluding hydrogens is 252 g/mol. The molecule has 1 saturated heterocycles. The minimum atomic E-state index is -3.24. The van der Waals surface area contributed by atoms with Gasteiger partial charge in [0.05, 0.1) is 11.9 Å². The van der Waals surface area contributed by atoms with Crippen LogP contribution < -0.4 is 10.0 Å². The normalized spacial score (nSPS) is 22.8. The molecule has 0 amide bonds. The molecule has 2 unspecified atom stereocenters. The molecule has 18 heavy (non-hydrogen) atoms. The number of nitrogens with one attached hydrogen (secondary N) is 3. The molecule has 0 bridgehead atoms. The van der Waals surface area contributed by atoms with E-state index in [1.165, 1.54) is 0 Å². The van der Waals surface area contributed by atoms with Crippen molar-refractivity contribution in [1.29, 1.82) is 0 Å². The van der Waals surface area contributed by atoms with Crippen molar-refractivity contribution in [2.24, 2.45) is 5.92 Å². The Hall–Kier alpha value is -0.920. The summed E-state index contributed by atoms with van der Waals surface area (Å²) < 4.78 is 26.8. The van der Waals surface area contributed by atoms with Crippen LogP contribution >= 0.6 is 0 Å². The van der Waals surface area contributed by atoms with Gasteiger partial charge in [-0.05, 0) is 38.8 Å². The average molecular weight is 272 g/mol. The van der Waals surface area contributed by atoms with Crippen molar-refractivity contribution in [3.05, 3.63) is 18.0 Å². The van der Waals surface area contributed by atoms with Gasteiger partial charge >= 0.3 is 0 Å². The zero-order valence-corrected chi connectivity index (χ0v) is 11.3. The number of nitrogens with zero attached hydrogens (tertiary/aromatic N) is 1. The molecule has 1 fully saturated rings. The molecule has 102 valence electrons. The molecule has 6 nitrogen and oxygen atoms in total. The van der Waals surface area contributed by atoms with Crippen LogP contribution in [0.1, 0.15) is 31.4 Å². The molecule has 1 aliphatic rings. The van der Waals surface area contributed by atoms with Gasteiger partial charge in [0.15, 0.2) is 0 Å². The van der Waals surface area contributed by atoms with E-state index in [2.05, 4.69) is 20.2 Å². The lowest BCUT2D eigenvalue weighted by Crippen LogP contribution is -2.38. The summed E-state index contributed by atoms with van der Waals surface area (Å²) in [5.74, 6) is 0.412. The number of piperidine rings is 1. The van der Waals surface area contributed by atoms with E-state index in [-0.39, 0.29) is 17.7 Å². The lowest BCUT2D eigenvalue weighted by Gasteiger charge is -2.23. The molecule has 0 saturated carbocycles. The van der Waals surface area contributed by atoms with Gasteiger partial charge in [-0.3, -0.25) is 5.10 Å². The van der Waals surface area contributed by atoms with Crippen LogP contribution in [0.15, 0.2) is 12.4 Å². The number of aromatic amines is 1. The minimum Gasteiger partial charge on any atom is -0.316 e. The summed E-state index contributed by atoms with van der Waals surface area (Å²) in [5.41, 5.74) is 0.848. The lowest BCUT2D eigenvalue weighted by molar-refractivity contribution is 0.402. The summed E-state index contributed by atoms with van der Waals surface area (Å²) in [7, 11) is -3.24. The second-order valence-electron chi connectivity index (χ2n) is 4.86. The van der Waals surface area contributed by atoms with Gasteiger partial charge in [-0.25, -0.2) is 13.1 Å². The van der Waals surface area contributed by atoms with Gasteiger partial charge in [0.1, 0.15) is 0 Å². The Morgan fingerprint density at radius 3 is 3.06 bits per heavy atom. The molecule has 7 heteroatoms. The van der Waals surface area contributed by atoms with E-state index in [0.717, 1.165) is 31.5 Å². The lowest BCUT2D eigenvalue weighted by atomic mass is 10.0. The average Bonchev–Trinajstić information content (AvgIpc) is 2.82. The molecule has 2 atom stereocenters. The summed E-state index contributed by atoms with van der Waals surface area (Å²) in [6.45, 7) is 3.61. The SMILES string of the molecule is CC(NS(=O)(=O)CC1CCCNC1)c1cn[nH]c1. The maximum Gasteiger partial charge on any atom is 0.212 e. The molecule has 2 rings (SSSR count). The molecule has 0 radical (unpaired) electrons. The van der Waals surface area contributed by atoms with Crippen LogP contribution in [0.5, 0.6) is 0 Å². The highest BCUT2D eigenvalue weighted by atomic mass is 32.2. The zero-order valence-electron chi connectivity index (χ0n) is 10.5. The Bertz CT molecular complexity index is 451. The summed E-state index contributed by atoms with van der Waals surface area (Å²) in [4.78, 5) is 0. The second-order valence-corrected chi connectivity index (χ2v) is 6.66. The fourth-order valence-corrected chi connectivity index (χ4v) is 3.94. The molecule has 0 spiro atoms. The summed E-state index contributed by atoms with van der Waals surface area (Å²) in [5, 5.41) is 9.73. The Balaban J connectivity index is 1.90. The van der Waals surface area contributed by atoms with E-state index in [1.54, 1.807) is 12.4 Å². The van der Waals surface area contributed by atoms with Crippen molar-refractivity contribution in [2.75, 3.05) is 18.8 Å². The Morgan fingerprint density at radius 1 is 1.61 bits per heavy atom. The van der Waals surface area contributed by atoms with E-state index in [9.17, 15) is 8.42 Å². The topological polar surface area (TPSA) is 86.9 Å². The van der Waals surface area contributed by atoms with Gasteiger partial charge < -0.3 is 5.32 Å². The largest absolute Gasteiger partial charge is 0.316 e. The molecular formula is C11H20N4O2S. The highest BCUT2D eigenvalue weighted by Crippen LogP contribution is 2.15. The predicted octanol–water partition coefficient (Wildman–Crippen LogP) is 0.390. The monoisotopic (exact) mass is 272 g/mol. The number of aromatic nitrogens is 2. The highest BCUT2D eigenvalue weighted by molar-refractivity contribution is 7.89. The fourth-order valence-electron chi connectivity index (χ4n) is 2.26. The first-order chi connectivity index (χ1) is 8.57. The van der Waals surface area contributed by atoms with Crippen molar-refractivity contribution < 1.29 is 8.42 Å². The van der Waals surface area contributed by atoms with Crippen LogP contribution in [0.25, 0.3) is 0 Å². The van der Waals surface area contributed by atoms with Gasteiger partial charge in [0.2, 0.25) is 10.0 Å². The van der Waals surface area contributed by atoms with Gasteiger partial charge in [-0.2, -0.15) is 5.10 Å². The molecule has 0 aliphatic carbocycles. The maximum absolute atomic E-state index is 12.0. The fraction of sp³-hybridized carbons (Fsp3) is 0.727. The highest BCUT2D eigenvalue weighted by Gasteiger charge is 2.23. The number of sulfonamides is 1. The van der Waals surface area contributed by atoms with Crippen LogP contribution in [-0.4, -0.2) is 37.5 Å². The Kier molecular flexibility index (Phi) is 4.36. The van der Waals surface area contributed by atoms with Crippen LogP contribution in [0, 0.1) is 5.92 Å². The van der Waals surface area contributed by atoms with E-state index >= 15 is 0 Å². The first-order valence-electron chi connectivity index (χ1n) is 6.26. The summed E-state index contributed by atoms with van der Waals surface area (Å²) in [6, 6.07) is -0.245. The van der Waals surface area contributed by atoms with Crippen molar-refractivity contribution in [3.63, 3.8) is 0 Å². The molecule has 3 N–H and O–H groups in total. The first kappa shape index (κ1) is 13.5. The van der Waals surface area contributed by atoms with Crippen molar-refractivity contribution in [3.8, 4) is 0 Å². The van der Waals surface area contributed by atoms with Crippen LogP contribution in [0.3, 0.4) is 0 Å². The van der Waals surface area contributed by atoms with Crippen molar-refractivity contribution in [1.82, 2.24) is 20.2 Å². The van der Waals surface area contributed by atoms with Gasteiger partial charge in [-0.15, -0.1) is 0 Å². The number of hydrogen-bond donors (Lipinski definition) is 3. The van der Waals surface area contributed by atoms with Crippen LogP contribution in [-0.2, 0) is 10.0 Å². The van der Waals surface area contributed by atoms with Gasteiger partial charge in [0, 0.05) is 17.8 Å². The van der Waals surface area contributed by atoms with Crippen molar-refractivity contribution >= 4 is 10.0 Å². The molecule has 1 aliphatic heterocycles. The summed E-state index contributed by atoms with van der Waals surface area (Å²) in [6.07, 6.45) is 5.37. The zero-order chi connectivity index (χ0) is 13.0. The van der Waals surface area contributed by atoms with E-state index < -0.39 is 10.0 Å². The Morgan fingerprint density at radius 2 is 2.44 bits per heavy atom. The van der Waals surface area contributed by atoms with E-state index in [4.69, 9.17) is 0 Å². The minimum absolute atomic E-state index is 0.197. The summed E-state index contributed by atoms with van der Waals surface area (Å²) >= 11 is 0. The first-order valence-corrected chi connectivity index (χ1v) is 7.91.